The number of hydrogen-bond donors (Lipinski definition) is 2. The lowest BCUT2D eigenvalue weighted by atomic mass is 10.1. The van der Waals surface area contributed by atoms with Crippen LogP contribution >= 0.6 is 11.8 Å². The minimum absolute atomic E-state index is 0.0350. The van der Waals surface area contributed by atoms with Crippen LogP contribution in [0.5, 0.6) is 0 Å². The third kappa shape index (κ3) is 3.70. The maximum absolute atomic E-state index is 12.5. The summed E-state index contributed by atoms with van der Waals surface area (Å²) >= 11 is 1.61. The first-order chi connectivity index (χ1) is 12.2. The van der Waals surface area contributed by atoms with Crippen molar-refractivity contribution < 1.29 is 9.59 Å². The molecule has 6 heteroatoms. The monoisotopic (exact) mass is 359 g/mol. The molecule has 1 saturated carbocycles. The van der Waals surface area contributed by atoms with Crippen molar-refractivity contribution in [3.63, 3.8) is 0 Å². The van der Waals surface area contributed by atoms with E-state index < -0.39 is 0 Å². The Hall–Kier alpha value is -1.53. The Morgan fingerprint density at radius 3 is 2.64 bits per heavy atom. The Morgan fingerprint density at radius 2 is 1.88 bits per heavy atom. The van der Waals surface area contributed by atoms with Crippen LogP contribution in [0.15, 0.2) is 23.1 Å². The number of carbonyl (C=O) groups is 2. The summed E-state index contributed by atoms with van der Waals surface area (Å²) in [6.45, 7) is 1.98. The maximum atomic E-state index is 12.5. The van der Waals surface area contributed by atoms with Gasteiger partial charge in [-0.15, -0.1) is 0 Å². The molecule has 5 nitrogen and oxygen atoms in total. The normalized spacial score (nSPS) is 24.6. The van der Waals surface area contributed by atoms with Crippen LogP contribution in [0.25, 0.3) is 0 Å². The predicted octanol–water partition coefficient (Wildman–Crippen LogP) is 3.22. The Kier molecular flexibility index (Phi) is 4.99. The molecule has 1 atom stereocenters. The summed E-state index contributed by atoms with van der Waals surface area (Å²) in [5.41, 5.74) is 1.39. The van der Waals surface area contributed by atoms with Crippen molar-refractivity contribution >= 4 is 29.3 Å². The predicted molar refractivity (Wildman–Crippen MR) is 99.9 cm³/mol. The number of likely N-dealkylation sites (tertiary alicyclic amines) is 1. The molecular formula is C19H25N3O2S. The fourth-order valence-corrected chi connectivity index (χ4v) is 5.12. The van der Waals surface area contributed by atoms with Gasteiger partial charge in [-0.1, -0.05) is 31.0 Å². The molecule has 3 aliphatic rings. The van der Waals surface area contributed by atoms with Crippen molar-refractivity contribution in [2.75, 3.05) is 18.4 Å². The highest BCUT2D eigenvalue weighted by molar-refractivity contribution is 8.00. The van der Waals surface area contributed by atoms with E-state index in [-0.39, 0.29) is 17.2 Å². The highest BCUT2D eigenvalue weighted by Gasteiger charge is 2.33. The number of hydrogen-bond acceptors (Lipinski definition) is 4. The Bertz CT molecular complexity index is 667. The van der Waals surface area contributed by atoms with Crippen molar-refractivity contribution in [2.24, 2.45) is 0 Å². The molecule has 134 valence electrons. The largest absolute Gasteiger partial charge is 0.349 e. The zero-order valence-electron chi connectivity index (χ0n) is 14.4. The number of nitrogens with zero attached hydrogens (tertiary/aromatic N) is 1. The second-order valence-corrected chi connectivity index (χ2v) is 8.34. The van der Waals surface area contributed by atoms with Gasteiger partial charge in [0.2, 0.25) is 0 Å². The molecule has 1 aromatic carbocycles. The fraction of sp³-hybridized carbons (Fsp3) is 0.579. The van der Waals surface area contributed by atoms with Crippen molar-refractivity contribution in [1.29, 1.82) is 0 Å². The van der Waals surface area contributed by atoms with E-state index in [0.29, 0.717) is 11.6 Å². The fourth-order valence-electron chi connectivity index (χ4n) is 3.97. The number of piperidine rings is 1. The number of rotatable bonds is 3. The van der Waals surface area contributed by atoms with Gasteiger partial charge in [-0.25, -0.2) is 0 Å². The molecule has 0 spiro atoms. The second kappa shape index (κ2) is 7.38. The quantitative estimate of drug-likeness (QED) is 0.870. The van der Waals surface area contributed by atoms with E-state index in [1.165, 1.54) is 19.3 Å². The third-order valence-electron chi connectivity index (χ3n) is 5.38. The van der Waals surface area contributed by atoms with E-state index in [0.717, 1.165) is 49.4 Å². The van der Waals surface area contributed by atoms with Gasteiger partial charge in [0.15, 0.2) is 0 Å². The first-order valence-corrected chi connectivity index (χ1v) is 10.3. The standard InChI is InChI=1S/C19H25N3O2S/c23-17(20-14-6-2-3-7-14)13-8-9-16-15(12-13)21-18(24)19(25-16)22-10-4-1-5-11-22/h8-9,12,14,19H,1-7,10-11H2,(H,20,23)(H,21,24). The first-order valence-electron chi connectivity index (χ1n) is 9.37. The molecule has 2 amide bonds. The van der Waals surface area contributed by atoms with Gasteiger partial charge in [-0.3, -0.25) is 14.5 Å². The minimum atomic E-state index is -0.147. The molecule has 1 aromatic rings. The molecule has 0 bridgehead atoms. The van der Waals surface area contributed by atoms with Crippen molar-refractivity contribution in [2.45, 2.75) is 61.3 Å². The van der Waals surface area contributed by atoms with E-state index >= 15 is 0 Å². The zero-order valence-corrected chi connectivity index (χ0v) is 15.2. The molecular weight excluding hydrogens is 334 g/mol. The summed E-state index contributed by atoms with van der Waals surface area (Å²) in [6, 6.07) is 5.97. The number of benzene rings is 1. The number of anilines is 1. The Balaban J connectivity index is 1.47. The molecule has 0 radical (unpaired) electrons. The summed E-state index contributed by atoms with van der Waals surface area (Å²) in [4.78, 5) is 28.3. The third-order valence-corrected chi connectivity index (χ3v) is 6.72. The molecule has 4 rings (SSSR count). The first kappa shape index (κ1) is 16.9. The lowest BCUT2D eigenvalue weighted by Crippen LogP contribution is -2.46. The van der Waals surface area contributed by atoms with Crippen LogP contribution in [-0.4, -0.2) is 41.2 Å². The number of thioether (sulfide) groups is 1. The van der Waals surface area contributed by atoms with Crippen LogP contribution in [-0.2, 0) is 4.79 Å². The molecule has 2 fully saturated rings. The number of fused-ring (bicyclic) bond motifs is 1. The number of nitrogens with one attached hydrogen (secondary N) is 2. The van der Waals surface area contributed by atoms with E-state index in [1.54, 1.807) is 11.8 Å². The summed E-state index contributed by atoms with van der Waals surface area (Å²) in [5, 5.41) is 5.97. The molecule has 2 N–H and O–H groups in total. The Morgan fingerprint density at radius 1 is 1.12 bits per heavy atom. The summed E-state index contributed by atoms with van der Waals surface area (Å²) < 4.78 is 0. The van der Waals surface area contributed by atoms with Crippen LogP contribution in [0.3, 0.4) is 0 Å². The highest BCUT2D eigenvalue weighted by Crippen LogP contribution is 2.38. The van der Waals surface area contributed by atoms with Crippen molar-refractivity contribution in [3.8, 4) is 0 Å². The van der Waals surface area contributed by atoms with Gasteiger partial charge in [-0.05, 0) is 57.0 Å². The van der Waals surface area contributed by atoms with Gasteiger partial charge in [0, 0.05) is 16.5 Å². The summed E-state index contributed by atoms with van der Waals surface area (Å²) in [5.74, 6) is -0.000135. The van der Waals surface area contributed by atoms with Gasteiger partial charge in [0.25, 0.3) is 11.8 Å². The molecule has 1 aliphatic carbocycles. The van der Waals surface area contributed by atoms with Crippen molar-refractivity contribution in [3.05, 3.63) is 23.8 Å². The van der Waals surface area contributed by atoms with Gasteiger partial charge < -0.3 is 10.6 Å². The molecule has 25 heavy (non-hydrogen) atoms. The average molecular weight is 359 g/mol. The van der Waals surface area contributed by atoms with Crippen LogP contribution in [0.2, 0.25) is 0 Å². The molecule has 1 unspecified atom stereocenters. The summed E-state index contributed by atoms with van der Waals surface area (Å²) in [6.07, 6.45) is 8.11. The zero-order chi connectivity index (χ0) is 17.2. The molecule has 2 heterocycles. The van der Waals surface area contributed by atoms with Gasteiger partial charge in [-0.2, -0.15) is 0 Å². The molecule has 2 aliphatic heterocycles. The van der Waals surface area contributed by atoms with Crippen LogP contribution < -0.4 is 10.6 Å². The highest BCUT2D eigenvalue weighted by atomic mass is 32.2. The van der Waals surface area contributed by atoms with Gasteiger partial charge in [0.05, 0.1) is 5.69 Å². The number of carbonyl (C=O) groups excluding carboxylic acids is 2. The lowest BCUT2D eigenvalue weighted by Gasteiger charge is -2.35. The van der Waals surface area contributed by atoms with Crippen LogP contribution in [0.4, 0.5) is 5.69 Å². The minimum Gasteiger partial charge on any atom is -0.349 e. The average Bonchev–Trinajstić information content (AvgIpc) is 3.14. The smallest absolute Gasteiger partial charge is 0.252 e. The molecule has 1 saturated heterocycles. The number of amides is 2. The van der Waals surface area contributed by atoms with Crippen molar-refractivity contribution in [1.82, 2.24) is 10.2 Å². The topological polar surface area (TPSA) is 61.4 Å². The van der Waals surface area contributed by atoms with E-state index in [4.69, 9.17) is 0 Å². The Labute approximate surface area is 152 Å². The second-order valence-electron chi connectivity index (χ2n) is 7.22. The summed E-state index contributed by atoms with van der Waals surface area (Å²) in [7, 11) is 0. The maximum Gasteiger partial charge on any atom is 0.252 e. The van der Waals surface area contributed by atoms with E-state index in [2.05, 4.69) is 15.5 Å². The van der Waals surface area contributed by atoms with Gasteiger partial charge >= 0.3 is 0 Å². The van der Waals surface area contributed by atoms with Crippen LogP contribution in [0.1, 0.15) is 55.3 Å². The SMILES string of the molecule is O=C(NC1CCCC1)c1ccc2c(c1)NC(=O)C(N1CCCCC1)S2. The molecule has 0 aromatic heterocycles. The van der Waals surface area contributed by atoms with E-state index in [1.807, 2.05) is 18.2 Å². The van der Waals surface area contributed by atoms with Gasteiger partial charge in [0.1, 0.15) is 5.37 Å². The van der Waals surface area contributed by atoms with E-state index in [9.17, 15) is 9.59 Å². The lowest BCUT2D eigenvalue weighted by molar-refractivity contribution is -0.118. The van der Waals surface area contributed by atoms with Crippen LogP contribution in [0, 0.1) is 0 Å².